The molecule has 6 heteroatoms. The van der Waals surface area contributed by atoms with Crippen molar-refractivity contribution in [3.63, 3.8) is 0 Å². The van der Waals surface area contributed by atoms with Crippen LogP contribution in [-0.2, 0) is 0 Å². The van der Waals surface area contributed by atoms with Gasteiger partial charge in [0.1, 0.15) is 11.5 Å². The summed E-state index contributed by atoms with van der Waals surface area (Å²) in [4.78, 5) is 12.1. The van der Waals surface area contributed by atoms with Gasteiger partial charge in [0, 0.05) is 6.07 Å². The number of aromatic hydroxyl groups is 4. The highest BCUT2D eigenvalue weighted by molar-refractivity contribution is 6.15. The van der Waals surface area contributed by atoms with Gasteiger partial charge in [-0.05, 0) is 35.9 Å². The number of carbonyl (C=O) groups is 1. The van der Waals surface area contributed by atoms with Gasteiger partial charge in [-0.25, -0.2) is 0 Å². The average Bonchev–Trinajstić information content (AvgIpc) is 2.71. The van der Waals surface area contributed by atoms with E-state index >= 15 is 0 Å². The van der Waals surface area contributed by atoms with Crippen molar-refractivity contribution in [3.05, 3.63) is 47.2 Å². The van der Waals surface area contributed by atoms with Crippen LogP contribution in [0.5, 0.6) is 28.7 Å². The van der Waals surface area contributed by atoms with Crippen LogP contribution in [0.4, 0.5) is 0 Å². The molecule has 0 aliphatic carbocycles. The molecule has 0 saturated carbocycles. The third kappa shape index (κ3) is 2.12. The molecule has 0 unspecified atom stereocenters. The molecule has 1 aliphatic rings. The van der Waals surface area contributed by atoms with Crippen LogP contribution >= 0.6 is 0 Å². The first-order valence-corrected chi connectivity index (χ1v) is 5.98. The van der Waals surface area contributed by atoms with Gasteiger partial charge in [-0.3, -0.25) is 4.79 Å². The SMILES string of the molecule is O=C1C(=Cc2cc(O)cc(O)c2)Oc2c1ccc(O)c2O. The standard InChI is InChI=1S/C15H10O6/c16-8-3-7(4-9(17)6-8)5-12-13(19)10-1-2-11(18)14(20)15(10)21-12/h1-6,16-18,20H. The Hall–Kier alpha value is -3.15. The minimum Gasteiger partial charge on any atom is -0.508 e. The molecule has 4 N–H and O–H groups in total. The molecule has 0 amide bonds. The fraction of sp³-hybridized carbons (Fsp3) is 0. The van der Waals surface area contributed by atoms with E-state index in [0.717, 1.165) is 6.07 Å². The summed E-state index contributed by atoms with van der Waals surface area (Å²) < 4.78 is 5.25. The lowest BCUT2D eigenvalue weighted by Gasteiger charge is -2.03. The number of phenolic OH excluding ortho intramolecular Hbond substituents is 4. The Labute approximate surface area is 118 Å². The van der Waals surface area contributed by atoms with Crippen LogP contribution in [0, 0.1) is 0 Å². The van der Waals surface area contributed by atoms with Gasteiger partial charge < -0.3 is 25.2 Å². The second-order valence-corrected chi connectivity index (χ2v) is 4.53. The third-order valence-corrected chi connectivity index (χ3v) is 3.01. The van der Waals surface area contributed by atoms with E-state index in [-0.39, 0.29) is 28.6 Å². The van der Waals surface area contributed by atoms with E-state index in [2.05, 4.69) is 0 Å². The number of allylic oxidation sites excluding steroid dienone is 1. The van der Waals surface area contributed by atoms with Crippen molar-refractivity contribution in [2.24, 2.45) is 0 Å². The van der Waals surface area contributed by atoms with Crippen LogP contribution in [0.3, 0.4) is 0 Å². The first-order chi connectivity index (χ1) is 9.95. The van der Waals surface area contributed by atoms with Crippen LogP contribution < -0.4 is 4.74 Å². The molecular formula is C15H10O6. The predicted molar refractivity (Wildman–Crippen MR) is 72.5 cm³/mol. The van der Waals surface area contributed by atoms with Crippen molar-refractivity contribution >= 4 is 11.9 Å². The molecule has 0 bridgehead atoms. The molecule has 0 spiro atoms. The maximum absolute atomic E-state index is 12.1. The largest absolute Gasteiger partial charge is 0.508 e. The Morgan fingerprint density at radius 3 is 2.29 bits per heavy atom. The van der Waals surface area contributed by atoms with Gasteiger partial charge >= 0.3 is 0 Å². The maximum Gasteiger partial charge on any atom is 0.232 e. The number of ether oxygens (including phenoxy) is 1. The molecule has 0 saturated heterocycles. The molecule has 0 atom stereocenters. The summed E-state index contributed by atoms with van der Waals surface area (Å²) in [5.74, 6) is -1.90. The van der Waals surface area contributed by atoms with Crippen LogP contribution in [0.15, 0.2) is 36.1 Å². The number of hydrogen-bond donors (Lipinski definition) is 4. The fourth-order valence-electron chi connectivity index (χ4n) is 2.08. The predicted octanol–water partition coefficient (Wildman–Crippen LogP) is 2.13. The minimum absolute atomic E-state index is 0.0871. The molecular weight excluding hydrogens is 276 g/mol. The maximum atomic E-state index is 12.1. The molecule has 21 heavy (non-hydrogen) atoms. The summed E-state index contributed by atoms with van der Waals surface area (Å²) in [5.41, 5.74) is 0.480. The molecule has 1 heterocycles. The van der Waals surface area contributed by atoms with E-state index in [9.17, 15) is 25.2 Å². The molecule has 6 nitrogen and oxygen atoms in total. The Bertz CT molecular complexity index is 771. The Balaban J connectivity index is 2.05. The summed E-state index contributed by atoms with van der Waals surface area (Å²) in [6.45, 7) is 0. The number of Topliss-reactive ketones (excluding diaryl/α,β-unsaturated/α-hetero) is 1. The number of hydrogen-bond acceptors (Lipinski definition) is 6. The van der Waals surface area contributed by atoms with E-state index < -0.39 is 17.3 Å². The van der Waals surface area contributed by atoms with E-state index in [1.165, 1.54) is 30.3 Å². The second-order valence-electron chi connectivity index (χ2n) is 4.53. The second kappa shape index (κ2) is 4.45. The zero-order chi connectivity index (χ0) is 15.1. The number of rotatable bonds is 1. The topological polar surface area (TPSA) is 107 Å². The number of ketones is 1. The number of phenols is 4. The van der Waals surface area contributed by atoms with Crippen LogP contribution in [0.1, 0.15) is 15.9 Å². The molecule has 0 aromatic heterocycles. The van der Waals surface area contributed by atoms with E-state index in [4.69, 9.17) is 4.74 Å². The number of benzene rings is 2. The lowest BCUT2D eigenvalue weighted by molar-refractivity contribution is 0.101. The van der Waals surface area contributed by atoms with Crippen molar-refractivity contribution < 1.29 is 30.0 Å². The van der Waals surface area contributed by atoms with E-state index in [1.54, 1.807) is 0 Å². The lowest BCUT2D eigenvalue weighted by Crippen LogP contribution is -1.97. The van der Waals surface area contributed by atoms with Gasteiger partial charge in [-0.1, -0.05) is 0 Å². The van der Waals surface area contributed by atoms with E-state index in [0.29, 0.717) is 5.56 Å². The zero-order valence-corrected chi connectivity index (χ0v) is 10.6. The number of fused-ring (bicyclic) bond motifs is 1. The van der Waals surface area contributed by atoms with Gasteiger partial charge in [0.05, 0.1) is 5.56 Å². The molecule has 2 aromatic rings. The first-order valence-electron chi connectivity index (χ1n) is 5.98. The molecule has 3 rings (SSSR count). The van der Waals surface area contributed by atoms with Gasteiger partial charge in [-0.2, -0.15) is 0 Å². The van der Waals surface area contributed by atoms with Crippen molar-refractivity contribution in [2.45, 2.75) is 0 Å². The van der Waals surface area contributed by atoms with Crippen LogP contribution in [0.2, 0.25) is 0 Å². The summed E-state index contributed by atoms with van der Waals surface area (Å²) in [7, 11) is 0. The van der Waals surface area contributed by atoms with Crippen molar-refractivity contribution in [3.8, 4) is 28.7 Å². The summed E-state index contributed by atoms with van der Waals surface area (Å²) >= 11 is 0. The molecule has 2 aromatic carbocycles. The molecule has 106 valence electrons. The van der Waals surface area contributed by atoms with Crippen LogP contribution in [0.25, 0.3) is 6.08 Å². The Morgan fingerprint density at radius 1 is 0.952 bits per heavy atom. The quantitative estimate of drug-likeness (QED) is 0.472. The highest BCUT2D eigenvalue weighted by atomic mass is 16.5. The fourth-order valence-corrected chi connectivity index (χ4v) is 2.08. The smallest absolute Gasteiger partial charge is 0.232 e. The van der Waals surface area contributed by atoms with Crippen LogP contribution in [-0.4, -0.2) is 26.2 Å². The Morgan fingerprint density at radius 2 is 1.62 bits per heavy atom. The molecule has 0 fully saturated rings. The number of carbonyl (C=O) groups excluding carboxylic acids is 1. The van der Waals surface area contributed by atoms with Gasteiger partial charge in [0.2, 0.25) is 11.5 Å². The lowest BCUT2D eigenvalue weighted by atomic mass is 10.1. The molecule has 0 radical (unpaired) electrons. The van der Waals surface area contributed by atoms with Crippen molar-refractivity contribution in [2.75, 3.05) is 0 Å². The summed E-state index contributed by atoms with van der Waals surface area (Å²) in [5, 5.41) is 37.9. The van der Waals surface area contributed by atoms with Crippen molar-refractivity contribution in [1.82, 2.24) is 0 Å². The highest BCUT2D eigenvalue weighted by Crippen LogP contribution is 2.44. The monoisotopic (exact) mass is 286 g/mol. The summed E-state index contributed by atoms with van der Waals surface area (Å²) in [6, 6.07) is 6.36. The van der Waals surface area contributed by atoms with Gasteiger partial charge in [0.25, 0.3) is 0 Å². The summed E-state index contributed by atoms with van der Waals surface area (Å²) in [6.07, 6.45) is 1.32. The minimum atomic E-state index is -0.511. The Kier molecular flexibility index (Phi) is 2.72. The van der Waals surface area contributed by atoms with Crippen molar-refractivity contribution in [1.29, 1.82) is 0 Å². The third-order valence-electron chi connectivity index (χ3n) is 3.01. The van der Waals surface area contributed by atoms with E-state index in [1.807, 2.05) is 0 Å². The first kappa shape index (κ1) is 12.9. The van der Waals surface area contributed by atoms with Gasteiger partial charge in [-0.15, -0.1) is 0 Å². The highest BCUT2D eigenvalue weighted by Gasteiger charge is 2.31. The molecule has 1 aliphatic heterocycles. The van der Waals surface area contributed by atoms with Gasteiger partial charge in [0.15, 0.2) is 17.3 Å². The zero-order valence-electron chi connectivity index (χ0n) is 10.6. The normalized spacial score (nSPS) is 15.0. The average molecular weight is 286 g/mol.